The maximum Gasteiger partial charge on any atom is 0.354 e. The Morgan fingerprint density at radius 3 is 1.23 bits per heavy atom. The van der Waals surface area contributed by atoms with Crippen LogP contribution in [0, 0.1) is 0 Å². The molecular formula is C24H16N2O4. The fourth-order valence-corrected chi connectivity index (χ4v) is 3.29. The summed E-state index contributed by atoms with van der Waals surface area (Å²) < 4.78 is 0. The van der Waals surface area contributed by atoms with Crippen LogP contribution < -0.4 is 0 Å². The Morgan fingerprint density at radius 2 is 0.867 bits per heavy atom. The number of nitrogens with zero attached hydrogens (tertiary/aromatic N) is 2. The van der Waals surface area contributed by atoms with Gasteiger partial charge in [-0.2, -0.15) is 0 Å². The summed E-state index contributed by atoms with van der Waals surface area (Å²) in [7, 11) is 0. The third-order valence-corrected chi connectivity index (χ3v) is 4.63. The fraction of sp³-hybridized carbons (Fsp3) is 0. The molecule has 0 unspecified atom stereocenters. The highest BCUT2D eigenvalue weighted by molar-refractivity contribution is 5.92. The van der Waals surface area contributed by atoms with Crippen LogP contribution in [0.5, 0.6) is 0 Å². The van der Waals surface area contributed by atoms with E-state index < -0.39 is 11.9 Å². The topological polar surface area (TPSA) is 100 Å². The monoisotopic (exact) mass is 396 g/mol. The molecule has 0 spiro atoms. The second kappa shape index (κ2) is 7.97. The van der Waals surface area contributed by atoms with Gasteiger partial charge in [0.05, 0.1) is 11.4 Å². The van der Waals surface area contributed by atoms with E-state index in [1.165, 1.54) is 12.1 Å². The molecule has 2 aromatic heterocycles. The van der Waals surface area contributed by atoms with Crippen molar-refractivity contribution in [2.24, 2.45) is 0 Å². The summed E-state index contributed by atoms with van der Waals surface area (Å²) in [5.41, 5.74) is 4.21. The van der Waals surface area contributed by atoms with Gasteiger partial charge < -0.3 is 10.2 Å². The Hall–Kier alpha value is -4.32. The van der Waals surface area contributed by atoms with Gasteiger partial charge in [0.2, 0.25) is 0 Å². The van der Waals surface area contributed by atoms with E-state index in [0.717, 1.165) is 22.3 Å². The normalized spacial score (nSPS) is 10.5. The molecule has 2 N–H and O–H groups in total. The first-order valence-electron chi connectivity index (χ1n) is 9.14. The number of aromatic nitrogens is 2. The first-order valence-corrected chi connectivity index (χ1v) is 9.14. The van der Waals surface area contributed by atoms with Crippen LogP contribution in [0.15, 0.2) is 84.9 Å². The number of carboxylic acids is 2. The fourth-order valence-electron chi connectivity index (χ4n) is 3.29. The highest BCUT2D eigenvalue weighted by Gasteiger charge is 2.15. The molecule has 0 saturated carbocycles. The molecule has 0 atom stereocenters. The number of rotatable bonds is 5. The van der Waals surface area contributed by atoms with E-state index in [0.29, 0.717) is 11.4 Å². The van der Waals surface area contributed by atoms with Gasteiger partial charge in [-0.3, -0.25) is 0 Å². The van der Waals surface area contributed by atoms with Crippen LogP contribution in [0.2, 0.25) is 0 Å². The summed E-state index contributed by atoms with van der Waals surface area (Å²) in [6.07, 6.45) is 0. The summed E-state index contributed by atoms with van der Waals surface area (Å²) >= 11 is 0. The van der Waals surface area contributed by atoms with Crippen molar-refractivity contribution in [2.75, 3.05) is 0 Å². The summed E-state index contributed by atoms with van der Waals surface area (Å²) in [5.74, 6) is -2.19. The average Bonchev–Trinajstić information content (AvgIpc) is 2.79. The first kappa shape index (κ1) is 19.0. The van der Waals surface area contributed by atoms with E-state index in [9.17, 15) is 19.8 Å². The Morgan fingerprint density at radius 1 is 0.500 bits per heavy atom. The maximum atomic E-state index is 11.3. The van der Waals surface area contributed by atoms with Crippen molar-refractivity contribution in [1.82, 2.24) is 9.97 Å². The van der Waals surface area contributed by atoms with Crippen molar-refractivity contribution in [1.29, 1.82) is 0 Å². The van der Waals surface area contributed by atoms with Gasteiger partial charge in [-0.15, -0.1) is 0 Å². The molecule has 30 heavy (non-hydrogen) atoms. The molecule has 0 aliphatic rings. The van der Waals surface area contributed by atoms with Gasteiger partial charge in [0.1, 0.15) is 11.4 Å². The van der Waals surface area contributed by atoms with Gasteiger partial charge in [-0.25, -0.2) is 19.6 Å². The third kappa shape index (κ3) is 3.66. The lowest BCUT2D eigenvalue weighted by atomic mass is 9.92. The van der Waals surface area contributed by atoms with Gasteiger partial charge in [-0.05, 0) is 35.4 Å². The third-order valence-electron chi connectivity index (χ3n) is 4.63. The second-order valence-electron chi connectivity index (χ2n) is 6.52. The van der Waals surface area contributed by atoms with Crippen LogP contribution >= 0.6 is 0 Å². The number of benzene rings is 2. The molecule has 0 radical (unpaired) electrons. The molecule has 2 heterocycles. The van der Waals surface area contributed by atoms with Crippen LogP contribution in [0.3, 0.4) is 0 Å². The Balaban J connectivity index is 1.90. The highest BCUT2D eigenvalue weighted by Crippen LogP contribution is 2.37. The minimum Gasteiger partial charge on any atom is -0.477 e. The molecule has 4 rings (SSSR count). The highest BCUT2D eigenvalue weighted by atomic mass is 16.4. The van der Waals surface area contributed by atoms with Gasteiger partial charge in [0.25, 0.3) is 0 Å². The zero-order valence-electron chi connectivity index (χ0n) is 15.7. The zero-order valence-corrected chi connectivity index (χ0v) is 15.7. The van der Waals surface area contributed by atoms with Crippen LogP contribution in [-0.2, 0) is 0 Å². The molecule has 4 aromatic rings. The van der Waals surface area contributed by atoms with Crippen LogP contribution in [0.4, 0.5) is 0 Å². The van der Waals surface area contributed by atoms with Gasteiger partial charge in [0, 0.05) is 11.1 Å². The number of pyridine rings is 2. The number of hydrogen-bond donors (Lipinski definition) is 2. The molecule has 2 aromatic carbocycles. The molecule has 0 aliphatic carbocycles. The van der Waals surface area contributed by atoms with Gasteiger partial charge in [-0.1, -0.05) is 60.7 Å². The lowest BCUT2D eigenvalue weighted by Gasteiger charge is -2.14. The zero-order chi connectivity index (χ0) is 21.1. The minimum atomic E-state index is -1.09. The van der Waals surface area contributed by atoms with Crippen molar-refractivity contribution >= 4 is 11.9 Å². The SMILES string of the molecule is O=C(O)c1cccc(-c2ccccc2-c2ccccc2-c2cccc(C(=O)O)n2)n1. The molecule has 6 nitrogen and oxygen atoms in total. The van der Waals surface area contributed by atoms with Gasteiger partial charge in [0.15, 0.2) is 0 Å². The molecule has 0 fully saturated rings. The van der Waals surface area contributed by atoms with E-state index in [1.54, 1.807) is 24.3 Å². The summed E-state index contributed by atoms with van der Waals surface area (Å²) in [6, 6.07) is 24.8. The molecule has 0 bridgehead atoms. The minimum absolute atomic E-state index is 0.0357. The number of aromatic carboxylic acids is 2. The van der Waals surface area contributed by atoms with E-state index in [1.807, 2.05) is 48.5 Å². The molecule has 0 saturated heterocycles. The summed E-state index contributed by atoms with van der Waals surface area (Å²) in [6.45, 7) is 0. The number of carbonyl (C=O) groups is 2. The van der Waals surface area contributed by atoms with E-state index in [-0.39, 0.29) is 11.4 Å². The van der Waals surface area contributed by atoms with Crippen LogP contribution in [0.25, 0.3) is 33.6 Å². The molecule has 146 valence electrons. The predicted molar refractivity (Wildman–Crippen MR) is 112 cm³/mol. The number of carboxylic acid groups (broad SMARTS) is 2. The number of hydrogen-bond acceptors (Lipinski definition) is 4. The average molecular weight is 396 g/mol. The summed E-state index contributed by atoms with van der Waals surface area (Å²) in [5, 5.41) is 18.6. The second-order valence-corrected chi connectivity index (χ2v) is 6.52. The van der Waals surface area contributed by atoms with Crippen molar-refractivity contribution in [3.8, 4) is 33.6 Å². The van der Waals surface area contributed by atoms with Crippen molar-refractivity contribution in [2.45, 2.75) is 0 Å². The molecular weight excluding hydrogens is 380 g/mol. The lowest BCUT2D eigenvalue weighted by Crippen LogP contribution is -2.02. The molecule has 6 heteroatoms. The van der Waals surface area contributed by atoms with Crippen LogP contribution in [0.1, 0.15) is 21.0 Å². The van der Waals surface area contributed by atoms with Crippen LogP contribution in [-0.4, -0.2) is 32.1 Å². The van der Waals surface area contributed by atoms with Crippen molar-refractivity contribution in [3.63, 3.8) is 0 Å². The molecule has 0 aliphatic heterocycles. The van der Waals surface area contributed by atoms with E-state index in [2.05, 4.69) is 9.97 Å². The smallest absolute Gasteiger partial charge is 0.354 e. The summed E-state index contributed by atoms with van der Waals surface area (Å²) in [4.78, 5) is 31.2. The maximum absolute atomic E-state index is 11.3. The Kier molecular flexibility index (Phi) is 5.05. The quantitative estimate of drug-likeness (QED) is 0.499. The Bertz CT molecular complexity index is 1170. The van der Waals surface area contributed by atoms with Crippen molar-refractivity contribution in [3.05, 3.63) is 96.3 Å². The van der Waals surface area contributed by atoms with Crippen molar-refractivity contribution < 1.29 is 19.8 Å². The van der Waals surface area contributed by atoms with E-state index in [4.69, 9.17) is 0 Å². The predicted octanol–water partition coefficient (Wildman–Crippen LogP) is 4.87. The largest absolute Gasteiger partial charge is 0.477 e. The Labute approximate surface area is 172 Å². The standard InChI is InChI=1S/C24H16N2O4/c27-23(28)21-13-5-11-19(25-21)17-9-3-1-7-15(17)16-8-2-4-10-18(16)20-12-6-14-22(26-20)24(29)30/h1-14H,(H,27,28)(H,29,30). The van der Waals surface area contributed by atoms with E-state index >= 15 is 0 Å². The van der Waals surface area contributed by atoms with Gasteiger partial charge >= 0.3 is 11.9 Å². The first-order chi connectivity index (χ1) is 14.5. The molecule has 0 amide bonds. The lowest BCUT2D eigenvalue weighted by molar-refractivity contribution is 0.0680.